The second-order valence-corrected chi connectivity index (χ2v) is 3.97. The molecule has 0 amide bonds. The molecule has 0 saturated carbocycles. The lowest BCUT2D eigenvalue weighted by Crippen LogP contribution is -1.97. The molecule has 4 heteroatoms. The van der Waals surface area contributed by atoms with E-state index in [9.17, 15) is 0 Å². The quantitative estimate of drug-likeness (QED) is 0.805. The lowest BCUT2D eigenvalue weighted by molar-refractivity contribution is 0.775. The summed E-state index contributed by atoms with van der Waals surface area (Å²) in [4.78, 5) is 0. The van der Waals surface area contributed by atoms with Gasteiger partial charge in [0.2, 0.25) is 0 Å². The van der Waals surface area contributed by atoms with Gasteiger partial charge in [0.15, 0.2) is 0 Å². The van der Waals surface area contributed by atoms with Gasteiger partial charge in [0.1, 0.15) is 0 Å². The van der Waals surface area contributed by atoms with Crippen LogP contribution < -0.4 is 5.73 Å². The van der Waals surface area contributed by atoms with Crippen LogP contribution in [0.2, 0.25) is 5.02 Å². The molecule has 78 valence electrons. The minimum atomic E-state index is 0.669. The van der Waals surface area contributed by atoms with Crippen LogP contribution in [0.4, 0.5) is 5.69 Å². The molecule has 0 fully saturated rings. The fourth-order valence-corrected chi connectivity index (χ4v) is 1.81. The van der Waals surface area contributed by atoms with E-state index in [4.69, 9.17) is 17.3 Å². The van der Waals surface area contributed by atoms with E-state index in [2.05, 4.69) is 5.10 Å². The van der Waals surface area contributed by atoms with Crippen LogP contribution in [0, 0.1) is 6.92 Å². The summed E-state index contributed by atoms with van der Waals surface area (Å²) in [5.74, 6) is 0. The molecule has 0 spiro atoms. The molecule has 2 N–H and O–H groups in total. The van der Waals surface area contributed by atoms with Gasteiger partial charge in [0.25, 0.3) is 0 Å². The zero-order valence-corrected chi connectivity index (χ0v) is 9.42. The Hall–Kier alpha value is -1.48. The van der Waals surface area contributed by atoms with Gasteiger partial charge in [-0.05, 0) is 24.6 Å². The lowest BCUT2D eigenvalue weighted by Gasteiger charge is -2.07. The third kappa shape index (κ3) is 1.70. The minimum Gasteiger partial charge on any atom is -0.396 e. The third-order valence-electron chi connectivity index (χ3n) is 2.42. The Bertz CT molecular complexity index is 483. The fourth-order valence-electron chi connectivity index (χ4n) is 1.63. The summed E-state index contributed by atoms with van der Waals surface area (Å²) in [6, 6.07) is 5.75. The minimum absolute atomic E-state index is 0.669. The number of aryl methyl sites for hydroxylation is 2. The number of nitrogen functional groups attached to an aromatic ring is 1. The molecule has 0 aliphatic rings. The second-order valence-electron chi connectivity index (χ2n) is 3.53. The molecular weight excluding hydrogens is 210 g/mol. The van der Waals surface area contributed by atoms with E-state index in [-0.39, 0.29) is 0 Å². The predicted molar refractivity (Wildman–Crippen MR) is 62.8 cm³/mol. The van der Waals surface area contributed by atoms with E-state index in [1.165, 1.54) is 0 Å². The average molecular weight is 222 g/mol. The monoisotopic (exact) mass is 221 g/mol. The second kappa shape index (κ2) is 3.59. The Morgan fingerprint density at radius 3 is 2.73 bits per heavy atom. The van der Waals surface area contributed by atoms with E-state index in [1.54, 1.807) is 10.9 Å². The molecule has 3 nitrogen and oxygen atoms in total. The molecule has 0 atom stereocenters. The molecule has 0 radical (unpaired) electrons. The van der Waals surface area contributed by atoms with Crippen LogP contribution in [0.25, 0.3) is 11.3 Å². The molecule has 0 aliphatic carbocycles. The Morgan fingerprint density at radius 1 is 1.40 bits per heavy atom. The number of halogens is 1. The van der Waals surface area contributed by atoms with Gasteiger partial charge < -0.3 is 5.73 Å². The summed E-state index contributed by atoms with van der Waals surface area (Å²) in [6.07, 6.45) is 1.65. The van der Waals surface area contributed by atoms with E-state index in [1.807, 2.05) is 32.2 Å². The highest BCUT2D eigenvalue weighted by molar-refractivity contribution is 6.30. The van der Waals surface area contributed by atoms with Gasteiger partial charge >= 0.3 is 0 Å². The molecular formula is C11H12ClN3. The first kappa shape index (κ1) is 10.1. The fraction of sp³-hybridized carbons (Fsp3) is 0.182. The zero-order valence-electron chi connectivity index (χ0n) is 8.66. The summed E-state index contributed by atoms with van der Waals surface area (Å²) >= 11 is 5.97. The first-order valence-corrected chi connectivity index (χ1v) is 5.01. The molecule has 15 heavy (non-hydrogen) atoms. The number of benzene rings is 1. The van der Waals surface area contributed by atoms with Crippen LogP contribution in [0.1, 0.15) is 5.56 Å². The standard InChI is InChI=1S/C11H12ClN3/c1-7-3-4-8(12)5-9(7)11-10(13)6-14-15(11)2/h3-6H,13H2,1-2H3. The number of nitrogens with two attached hydrogens (primary N) is 1. The first-order valence-electron chi connectivity index (χ1n) is 4.63. The van der Waals surface area contributed by atoms with Crippen molar-refractivity contribution in [3.05, 3.63) is 35.0 Å². The molecule has 1 heterocycles. The van der Waals surface area contributed by atoms with E-state index in [0.29, 0.717) is 10.7 Å². The van der Waals surface area contributed by atoms with Crippen molar-refractivity contribution in [3.8, 4) is 11.3 Å². The smallest absolute Gasteiger partial charge is 0.0911 e. The Labute approximate surface area is 93.5 Å². The van der Waals surface area contributed by atoms with Crippen LogP contribution in [0.5, 0.6) is 0 Å². The summed E-state index contributed by atoms with van der Waals surface area (Å²) < 4.78 is 1.76. The van der Waals surface area contributed by atoms with Crippen LogP contribution in [-0.2, 0) is 7.05 Å². The predicted octanol–water partition coefficient (Wildman–Crippen LogP) is 2.63. The van der Waals surface area contributed by atoms with Crippen LogP contribution in [0.3, 0.4) is 0 Å². The van der Waals surface area contributed by atoms with E-state index in [0.717, 1.165) is 16.8 Å². The maximum absolute atomic E-state index is 5.97. The molecule has 2 rings (SSSR count). The highest BCUT2D eigenvalue weighted by Crippen LogP contribution is 2.30. The van der Waals surface area contributed by atoms with Crippen molar-refractivity contribution in [3.63, 3.8) is 0 Å². The molecule has 0 saturated heterocycles. The number of aromatic nitrogens is 2. The maximum Gasteiger partial charge on any atom is 0.0911 e. The number of anilines is 1. The van der Waals surface area contributed by atoms with Gasteiger partial charge in [0.05, 0.1) is 17.6 Å². The number of hydrogen-bond donors (Lipinski definition) is 1. The van der Waals surface area contributed by atoms with Crippen molar-refractivity contribution < 1.29 is 0 Å². The van der Waals surface area contributed by atoms with Crippen LogP contribution in [-0.4, -0.2) is 9.78 Å². The Kier molecular flexibility index (Phi) is 2.40. The summed E-state index contributed by atoms with van der Waals surface area (Å²) in [5, 5.41) is 4.82. The summed E-state index contributed by atoms with van der Waals surface area (Å²) in [7, 11) is 1.87. The number of rotatable bonds is 1. The van der Waals surface area contributed by atoms with Crippen molar-refractivity contribution in [1.29, 1.82) is 0 Å². The average Bonchev–Trinajstić information content (AvgIpc) is 2.51. The zero-order chi connectivity index (χ0) is 11.0. The van der Waals surface area contributed by atoms with E-state index >= 15 is 0 Å². The van der Waals surface area contributed by atoms with Crippen LogP contribution >= 0.6 is 11.6 Å². The topological polar surface area (TPSA) is 43.8 Å². The highest BCUT2D eigenvalue weighted by Gasteiger charge is 2.10. The van der Waals surface area contributed by atoms with Crippen molar-refractivity contribution >= 4 is 17.3 Å². The first-order chi connectivity index (χ1) is 7.09. The Morgan fingerprint density at radius 2 is 2.13 bits per heavy atom. The highest BCUT2D eigenvalue weighted by atomic mass is 35.5. The van der Waals surface area contributed by atoms with Crippen molar-refractivity contribution in [2.75, 3.05) is 5.73 Å². The molecule has 0 bridgehead atoms. The molecule has 2 aromatic rings. The maximum atomic E-state index is 5.97. The van der Waals surface area contributed by atoms with E-state index < -0.39 is 0 Å². The van der Waals surface area contributed by atoms with Crippen molar-refractivity contribution in [2.24, 2.45) is 7.05 Å². The van der Waals surface area contributed by atoms with Crippen molar-refractivity contribution in [1.82, 2.24) is 9.78 Å². The third-order valence-corrected chi connectivity index (χ3v) is 2.66. The van der Waals surface area contributed by atoms with Gasteiger partial charge in [0, 0.05) is 17.6 Å². The molecule has 0 aliphatic heterocycles. The summed E-state index contributed by atoms with van der Waals surface area (Å²) in [6.45, 7) is 2.03. The van der Waals surface area contributed by atoms with Gasteiger partial charge in [-0.1, -0.05) is 17.7 Å². The largest absolute Gasteiger partial charge is 0.396 e. The van der Waals surface area contributed by atoms with Gasteiger partial charge in [-0.2, -0.15) is 5.10 Å². The van der Waals surface area contributed by atoms with Crippen LogP contribution in [0.15, 0.2) is 24.4 Å². The molecule has 1 aromatic heterocycles. The van der Waals surface area contributed by atoms with Gasteiger partial charge in [-0.3, -0.25) is 4.68 Å². The molecule has 0 unspecified atom stereocenters. The van der Waals surface area contributed by atoms with Gasteiger partial charge in [-0.25, -0.2) is 0 Å². The van der Waals surface area contributed by atoms with Gasteiger partial charge in [-0.15, -0.1) is 0 Å². The molecule has 1 aromatic carbocycles. The summed E-state index contributed by atoms with van der Waals surface area (Å²) in [5.41, 5.74) is 9.61. The Balaban J connectivity index is 2.68. The normalized spacial score (nSPS) is 10.6. The number of nitrogens with zero attached hydrogens (tertiary/aromatic N) is 2. The SMILES string of the molecule is Cc1ccc(Cl)cc1-c1c(N)cnn1C. The number of hydrogen-bond acceptors (Lipinski definition) is 2. The lowest BCUT2D eigenvalue weighted by atomic mass is 10.1. The van der Waals surface area contributed by atoms with Crippen molar-refractivity contribution in [2.45, 2.75) is 6.92 Å².